The van der Waals surface area contributed by atoms with Crippen LogP contribution in [0.3, 0.4) is 0 Å². The number of carbonyl (C=O) groups excluding carboxylic acids is 1. The van der Waals surface area contributed by atoms with Crippen molar-refractivity contribution < 1.29 is 9.53 Å². The Kier molecular flexibility index (Phi) is 4.99. The minimum atomic E-state index is 0.143. The Labute approximate surface area is 163 Å². The summed E-state index contributed by atoms with van der Waals surface area (Å²) in [6.07, 6.45) is 2.87. The highest BCUT2D eigenvalue weighted by Crippen LogP contribution is 2.34. The molecule has 5 nitrogen and oxygen atoms in total. The maximum atomic E-state index is 12.7. The van der Waals surface area contributed by atoms with Crippen molar-refractivity contribution >= 4 is 33.8 Å². The third-order valence-electron chi connectivity index (χ3n) is 5.07. The maximum absolute atomic E-state index is 12.7. The number of fused-ring (bicyclic) bond motifs is 1. The van der Waals surface area contributed by atoms with Gasteiger partial charge in [-0.3, -0.25) is 9.78 Å². The number of aryl methyl sites for hydroxylation is 1. The molecule has 2 aromatic heterocycles. The molecule has 0 bridgehead atoms. The second kappa shape index (κ2) is 7.56. The molecule has 3 heterocycles. The Hall–Kier alpha value is -2.60. The standard InChI is InChI=1S/C21H23N3O2S/c1-15-14-22-19-16(6-3-7-17(19)26-2)20(15)23-9-5-10-24(12-11-23)21(25)18-8-4-13-27-18/h3-4,6-8,13-14H,5,9-12H2,1-2H3. The molecule has 27 heavy (non-hydrogen) atoms. The topological polar surface area (TPSA) is 45.7 Å². The van der Waals surface area contributed by atoms with Gasteiger partial charge in [-0.2, -0.15) is 0 Å². The van der Waals surface area contributed by atoms with Crippen LogP contribution in [-0.2, 0) is 0 Å². The number of amides is 1. The normalized spacial score (nSPS) is 15.0. The number of aromatic nitrogens is 1. The minimum absolute atomic E-state index is 0.143. The number of benzene rings is 1. The molecule has 3 aromatic rings. The van der Waals surface area contributed by atoms with E-state index < -0.39 is 0 Å². The third kappa shape index (κ3) is 3.37. The van der Waals surface area contributed by atoms with Crippen LogP contribution in [0, 0.1) is 6.92 Å². The molecule has 0 N–H and O–H groups in total. The molecule has 4 rings (SSSR count). The van der Waals surface area contributed by atoms with E-state index in [1.54, 1.807) is 7.11 Å². The van der Waals surface area contributed by atoms with Crippen LogP contribution < -0.4 is 9.64 Å². The number of ether oxygens (including phenoxy) is 1. The molecule has 140 valence electrons. The molecule has 1 fully saturated rings. The second-order valence-electron chi connectivity index (χ2n) is 6.76. The molecule has 1 aliphatic heterocycles. The summed E-state index contributed by atoms with van der Waals surface area (Å²) in [5, 5.41) is 3.06. The summed E-state index contributed by atoms with van der Waals surface area (Å²) in [4.78, 5) is 22.5. The highest BCUT2D eigenvalue weighted by Gasteiger charge is 2.23. The zero-order chi connectivity index (χ0) is 18.8. The number of hydrogen-bond donors (Lipinski definition) is 0. The van der Waals surface area contributed by atoms with Gasteiger partial charge in [-0.25, -0.2) is 0 Å². The van der Waals surface area contributed by atoms with E-state index in [9.17, 15) is 4.79 Å². The molecule has 0 saturated carbocycles. The Balaban J connectivity index is 1.63. The van der Waals surface area contributed by atoms with E-state index in [1.165, 1.54) is 17.0 Å². The highest BCUT2D eigenvalue weighted by molar-refractivity contribution is 7.12. The largest absolute Gasteiger partial charge is 0.494 e. The van der Waals surface area contributed by atoms with Gasteiger partial charge in [0, 0.05) is 37.8 Å². The summed E-state index contributed by atoms with van der Waals surface area (Å²) in [5.41, 5.74) is 3.23. The number of hydrogen-bond acceptors (Lipinski definition) is 5. The fourth-order valence-corrected chi connectivity index (χ4v) is 4.46. The van der Waals surface area contributed by atoms with Crippen molar-refractivity contribution in [3.8, 4) is 5.75 Å². The average molecular weight is 382 g/mol. The smallest absolute Gasteiger partial charge is 0.263 e. The Morgan fingerprint density at radius 3 is 2.81 bits per heavy atom. The Morgan fingerprint density at radius 2 is 2.04 bits per heavy atom. The molecule has 1 aromatic carbocycles. The summed E-state index contributed by atoms with van der Waals surface area (Å²) >= 11 is 1.51. The van der Waals surface area contributed by atoms with Crippen LogP contribution in [0.1, 0.15) is 21.7 Å². The predicted octanol–water partition coefficient (Wildman–Crippen LogP) is 3.97. The molecular formula is C21H23N3O2S. The van der Waals surface area contributed by atoms with E-state index in [0.29, 0.717) is 0 Å². The molecule has 0 unspecified atom stereocenters. The van der Waals surface area contributed by atoms with E-state index in [1.807, 2.05) is 40.7 Å². The number of thiophene rings is 1. The zero-order valence-corrected chi connectivity index (χ0v) is 16.5. The lowest BCUT2D eigenvalue weighted by Gasteiger charge is -2.26. The molecule has 0 spiro atoms. The summed E-state index contributed by atoms with van der Waals surface area (Å²) < 4.78 is 5.49. The van der Waals surface area contributed by atoms with Gasteiger partial charge in [-0.15, -0.1) is 11.3 Å². The zero-order valence-electron chi connectivity index (χ0n) is 15.6. The van der Waals surface area contributed by atoms with Crippen LogP contribution in [0.5, 0.6) is 5.75 Å². The van der Waals surface area contributed by atoms with Crippen LogP contribution in [0.15, 0.2) is 41.9 Å². The van der Waals surface area contributed by atoms with Gasteiger partial charge >= 0.3 is 0 Å². The first-order valence-corrected chi connectivity index (χ1v) is 10.1. The fraction of sp³-hybridized carbons (Fsp3) is 0.333. The fourth-order valence-electron chi connectivity index (χ4n) is 3.77. The van der Waals surface area contributed by atoms with E-state index in [2.05, 4.69) is 22.9 Å². The molecule has 0 aliphatic carbocycles. The molecular weight excluding hydrogens is 358 g/mol. The third-order valence-corrected chi connectivity index (χ3v) is 5.92. The SMILES string of the molecule is COc1cccc2c(N3CCCN(C(=O)c4cccs4)CC3)c(C)cnc12. The monoisotopic (exact) mass is 381 g/mol. The van der Waals surface area contributed by atoms with Crippen LogP contribution in [0.25, 0.3) is 10.9 Å². The summed E-state index contributed by atoms with van der Waals surface area (Å²) in [6.45, 7) is 5.35. The lowest BCUT2D eigenvalue weighted by Crippen LogP contribution is -2.35. The van der Waals surface area contributed by atoms with Crippen molar-refractivity contribution in [2.24, 2.45) is 0 Å². The van der Waals surface area contributed by atoms with E-state index >= 15 is 0 Å². The van der Waals surface area contributed by atoms with Crippen molar-refractivity contribution in [1.29, 1.82) is 0 Å². The number of pyridine rings is 1. The minimum Gasteiger partial charge on any atom is -0.494 e. The highest BCUT2D eigenvalue weighted by atomic mass is 32.1. The van der Waals surface area contributed by atoms with Crippen molar-refractivity contribution in [1.82, 2.24) is 9.88 Å². The van der Waals surface area contributed by atoms with Crippen molar-refractivity contribution in [2.45, 2.75) is 13.3 Å². The van der Waals surface area contributed by atoms with Crippen LogP contribution in [0.2, 0.25) is 0 Å². The average Bonchev–Trinajstić information content (AvgIpc) is 3.12. The van der Waals surface area contributed by atoms with Crippen molar-refractivity contribution in [3.05, 3.63) is 52.3 Å². The number of nitrogens with zero attached hydrogens (tertiary/aromatic N) is 3. The number of methoxy groups -OCH3 is 1. The van der Waals surface area contributed by atoms with E-state index in [4.69, 9.17) is 4.74 Å². The summed E-state index contributed by atoms with van der Waals surface area (Å²) in [5.74, 6) is 0.933. The number of anilines is 1. The van der Waals surface area contributed by atoms with Gasteiger partial charge in [-0.1, -0.05) is 18.2 Å². The maximum Gasteiger partial charge on any atom is 0.263 e. The van der Waals surface area contributed by atoms with Crippen LogP contribution in [-0.4, -0.2) is 49.1 Å². The second-order valence-corrected chi connectivity index (χ2v) is 7.70. The van der Waals surface area contributed by atoms with E-state index in [-0.39, 0.29) is 5.91 Å². The van der Waals surface area contributed by atoms with Gasteiger partial charge in [-0.05, 0) is 36.4 Å². The van der Waals surface area contributed by atoms with Gasteiger partial charge in [0.1, 0.15) is 11.3 Å². The molecule has 0 atom stereocenters. The quantitative estimate of drug-likeness (QED) is 0.689. The summed E-state index contributed by atoms with van der Waals surface area (Å²) in [7, 11) is 1.68. The number of carbonyl (C=O) groups is 1. The first-order valence-electron chi connectivity index (χ1n) is 9.19. The van der Waals surface area contributed by atoms with Gasteiger partial charge < -0.3 is 14.5 Å². The molecule has 6 heteroatoms. The predicted molar refractivity (Wildman–Crippen MR) is 110 cm³/mol. The first kappa shape index (κ1) is 17.8. The molecule has 1 aliphatic rings. The molecule has 1 amide bonds. The Morgan fingerprint density at radius 1 is 1.15 bits per heavy atom. The van der Waals surface area contributed by atoms with Gasteiger partial charge in [0.15, 0.2) is 0 Å². The van der Waals surface area contributed by atoms with Gasteiger partial charge in [0.25, 0.3) is 5.91 Å². The van der Waals surface area contributed by atoms with Crippen LogP contribution in [0.4, 0.5) is 5.69 Å². The summed E-state index contributed by atoms with van der Waals surface area (Å²) in [6, 6.07) is 9.89. The lowest BCUT2D eigenvalue weighted by molar-refractivity contribution is 0.0772. The van der Waals surface area contributed by atoms with Gasteiger partial charge in [0.05, 0.1) is 17.7 Å². The molecule has 1 saturated heterocycles. The van der Waals surface area contributed by atoms with Crippen LogP contribution >= 0.6 is 11.3 Å². The Bertz CT molecular complexity index is 955. The van der Waals surface area contributed by atoms with Crippen molar-refractivity contribution in [3.63, 3.8) is 0 Å². The van der Waals surface area contributed by atoms with Gasteiger partial charge in [0.2, 0.25) is 0 Å². The number of para-hydroxylation sites is 1. The lowest BCUT2D eigenvalue weighted by atomic mass is 10.1. The number of rotatable bonds is 3. The van der Waals surface area contributed by atoms with Crippen molar-refractivity contribution in [2.75, 3.05) is 38.2 Å². The molecule has 0 radical (unpaired) electrons. The first-order chi connectivity index (χ1) is 13.2. The van der Waals surface area contributed by atoms with E-state index in [0.717, 1.165) is 59.7 Å².